The lowest BCUT2D eigenvalue weighted by Crippen LogP contribution is -2.35. The van der Waals surface area contributed by atoms with Crippen molar-refractivity contribution in [1.82, 2.24) is 5.09 Å². The van der Waals surface area contributed by atoms with Crippen molar-refractivity contribution in [3.63, 3.8) is 0 Å². The molecule has 0 bridgehead atoms. The third kappa shape index (κ3) is 5.13. The molecule has 0 spiro atoms. The molecule has 0 fully saturated rings. The van der Waals surface area contributed by atoms with E-state index < -0.39 is 19.8 Å². The first-order valence-corrected chi connectivity index (χ1v) is 8.51. The van der Waals surface area contributed by atoms with Crippen LogP contribution in [0.25, 0.3) is 0 Å². The molecule has 0 heterocycles. The van der Waals surface area contributed by atoms with Gasteiger partial charge >= 0.3 is 13.7 Å². The molecule has 23 heavy (non-hydrogen) atoms. The van der Waals surface area contributed by atoms with Crippen LogP contribution in [-0.4, -0.2) is 19.1 Å². The molecule has 6 nitrogen and oxygen atoms in total. The number of hydrogen-bond acceptors (Lipinski definition) is 5. The highest BCUT2D eigenvalue weighted by atomic mass is 31.2. The Hall–Kier alpha value is -2.30. The number of methoxy groups -OCH3 is 1. The van der Waals surface area contributed by atoms with Crippen molar-refractivity contribution in [2.24, 2.45) is 0 Å². The Morgan fingerprint density at radius 1 is 0.957 bits per heavy atom. The van der Waals surface area contributed by atoms with Gasteiger partial charge in [-0.1, -0.05) is 36.4 Å². The highest BCUT2D eigenvalue weighted by Crippen LogP contribution is 2.45. The van der Waals surface area contributed by atoms with Crippen molar-refractivity contribution < 1.29 is 23.1 Å². The van der Waals surface area contributed by atoms with Crippen molar-refractivity contribution in [3.05, 3.63) is 60.7 Å². The van der Waals surface area contributed by atoms with Crippen molar-refractivity contribution in [2.45, 2.75) is 13.0 Å². The van der Waals surface area contributed by atoms with Gasteiger partial charge in [-0.3, -0.25) is 4.79 Å². The maximum Gasteiger partial charge on any atom is 0.513 e. The van der Waals surface area contributed by atoms with Crippen LogP contribution in [0, 0.1) is 0 Å². The standard InChI is InChI=1S/C16H18NO5P/c1-13(16(18)20-2)17-23(19,21-14-9-5-3-6-10-14)22-15-11-7-4-8-12-15/h3-13H,1-2H3,(H,17,19)/t13-/m0/s1. The minimum atomic E-state index is -3.84. The number of carbonyl (C=O) groups is 1. The molecule has 122 valence electrons. The summed E-state index contributed by atoms with van der Waals surface area (Å²) in [6.07, 6.45) is 0. The maximum absolute atomic E-state index is 13.0. The smallest absolute Gasteiger partial charge is 0.468 e. The van der Waals surface area contributed by atoms with Gasteiger partial charge in [0.05, 0.1) is 7.11 Å². The van der Waals surface area contributed by atoms with Crippen LogP contribution in [0.2, 0.25) is 0 Å². The van der Waals surface area contributed by atoms with E-state index in [-0.39, 0.29) is 0 Å². The number of ether oxygens (including phenoxy) is 1. The van der Waals surface area contributed by atoms with E-state index >= 15 is 0 Å². The van der Waals surface area contributed by atoms with E-state index in [0.717, 1.165) is 0 Å². The molecule has 0 unspecified atom stereocenters. The maximum atomic E-state index is 13.0. The van der Waals surface area contributed by atoms with Crippen LogP contribution in [0.1, 0.15) is 6.92 Å². The number of nitrogens with one attached hydrogen (secondary N) is 1. The average Bonchev–Trinajstić information content (AvgIpc) is 2.55. The predicted octanol–water partition coefficient (Wildman–Crippen LogP) is 3.40. The molecule has 0 aliphatic heterocycles. The van der Waals surface area contributed by atoms with Gasteiger partial charge in [0.25, 0.3) is 0 Å². The molecule has 0 aliphatic rings. The third-order valence-electron chi connectivity index (χ3n) is 2.84. The highest BCUT2D eigenvalue weighted by Gasteiger charge is 2.33. The predicted molar refractivity (Wildman–Crippen MR) is 86.4 cm³/mol. The first kappa shape index (κ1) is 17.1. The molecule has 2 rings (SSSR count). The Balaban J connectivity index is 2.22. The first-order chi connectivity index (χ1) is 11.0. The second-order valence-electron chi connectivity index (χ2n) is 4.68. The Kier molecular flexibility index (Phi) is 5.79. The summed E-state index contributed by atoms with van der Waals surface area (Å²) in [5.41, 5.74) is 0. The molecular formula is C16H18NO5P. The Morgan fingerprint density at radius 3 is 1.78 bits per heavy atom. The number of esters is 1. The quantitative estimate of drug-likeness (QED) is 0.617. The van der Waals surface area contributed by atoms with Crippen molar-refractivity contribution >= 4 is 13.7 Å². The Bertz CT molecular complexity index is 632. The number of hydrogen-bond donors (Lipinski definition) is 1. The molecule has 2 aromatic carbocycles. The number of carbonyl (C=O) groups excluding carboxylic acids is 1. The largest absolute Gasteiger partial charge is 0.513 e. The monoisotopic (exact) mass is 335 g/mol. The summed E-state index contributed by atoms with van der Waals surface area (Å²) in [6.45, 7) is 1.52. The molecule has 0 saturated carbocycles. The van der Waals surface area contributed by atoms with Gasteiger partial charge in [0, 0.05) is 0 Å². The molecule has 1 N–H and O–H groups in total. The van der Waals surface area contributed by atoms with E-state index in [1.165, 1.54) is 14.0 Å². The zero-order valence-electron chi connectivity index (χ0n) is 12.8. The van der Waals surface area contributed by atoms with Crippen LogP contribution in [0.3, 0.4) is 0 Å². The summed E-state index contributed by atoms with van der Waals surface area (Å²) in [5, 5.41) is 2.58. The van der Waals surface area contributed by atoms with Gasteiger partial charge in [0.2, 0.25) is 0 Å². The minimum Gasteiger partial charge on any atom is -0.468 e. The molecule has 0 radical (unpaired) electrons. The Labute approximate surface area is 135 Å². The van der Waals surface area contributed by atoms with Crippen LogP contribution in [0.5, 0.6) is 11.5 Å². The summed E-state index contributed by atoms with van der Waals surface area (Å²) in [7, 11) is -2.59. The van der Waals surface area contributed by atoms with Gasteiger partial charge in [-0.15, -0.1) is 0 Å². The third-order valence-corrected chi connectivity index (χ3v) is 4.45. The zero-order valence-corrected chi connectivity index (χ0v) is 13.7. The summed E-state index contributed by atoms with van der Waals surface area (Å²) in [4.78, 5) is 11.6. The van der Waals surface area contributed by atoms with Gasteiger partial charge in [-0.25, -0.2) is 4.57 Å². The molecule has 0 amide bonds. The second kappa shape index (κ2) is 7.81. The lowest BCUT2D eigenvalue weighted by molar-refractivity contribution is -0.142. The lowest BCUT2D eigenvalue weighted by atomic mass is 10.3. The average molecular weight is 335 g/mol. The number of rotatable bonds is 7. The van der Waals surface area contributed by atoms with Crippen molar-refractivity contribution in [3.8, 4) is 11.5 Å². The zero-order chi connectivity index (χ0) is 16.7. The van der Waals surface area contributed by atoms with E-state index in [1.807, 2.05) is 0 Å². The molecule has 7 heteroatoms. The van der Waals surface area contributed by atoms with Crippen molar-refractivity contribution in [2.75, 3.05) is 7.11 Å². The molecule has 0 aromatic heterocycles. The lowest BCUT2D eigenvalue weighted by Gasteiger charge is -2.22. The summed E-state index contributed by atoms with van der Waals surface area (Å²) in [6, 6.07) is 16.3. The van der Waals surface area contributed by atoms with E-state index in [9.17, 15) is 9.36 Å². The fourth-order valence-electron chi connectivity index (χ4n) is 1.78. The second-order valence-corrected chi connectivity index (χ2v) is 6.30. The van der Waals surface area contributed by atoms with Crippen molar-refractivity contribution in [1.29, 1.82) is 0 Å². The van der Waals surface area contributed by atoms with Crippen LogP contribution in [0.15, 0.2) is 60.7 Å². The van der Waals surface area contributed by atoms with Crippen LogP contribution in [-0.2, 0) is 14.1 Å². The normalized spacial score (nSPS) is 12.3. The molecular weight excluding hydrogens is 317 g/mol. The Morgan fingerprint density at radius 2 is 1.39 bits per heavy atom. The number of para-hydroxylation sites is 2. The van der Waals surface area contributed by atoms with Gasteiger partial charge in [-0.05, 0) is 31.2 Å². The first-order valence-electron chi connectivity index (χ1n) is 6.97. The van der Waals surface area contributed by atoms with Crippen LogP contribution in [0.4, 0.5) is 0 Å². The fraction of sp³-hybridized carbons (Fsp3) is 0.188. The fourth-order valence-corrected chi connectivity index (χ4v) is 3.30. The summed E-state index contributed by atoms with van der Waals surface area (Å²) < 4.78 is 28.6. The van der Waals surface area contributed by atoms with Gasteiger partial charge in [0.1, 0.15) is 17.5 Å². The van der Waals surface area contributed by atoms with E-state index in [4.69, 9.17) is 9.05 Å². The van der Waals surface area contributed by atoms with Crippen LogP contribution >= 0.6 is 7.75 Å². The van der Waals surface area contributed by atoms with Crippen LogP contribution < -0.4 is 14.1 Å². The molecule has 0 saturated heterocycles. The molecule has 2 aromatic rings. The van der Waals surface area contributed by atoms with E-state index in [1.54, 1.807) is 60.7 Å². The summed E-state index contributed by atoms with van der Waals surface area (Å²) in [5.74, 6) is 0.145. The topological polar surface area (TPSA) is 73.9 Å². The van der Waals surface area contributed by atoms with Gasteiger partial charge < -0.3 is 13.8 Å². The molecule has 1 atom stereocenters. The minimum absolute atomic E-state index is 0.358. The summed E-state index contributed by atoms with van der Waals surface area (Å²) >= 11 is 0. The van der Waals surface area contributed by atoms with Gasteiger partial charge in [0.15, 0.2) is 0 Å². The number of benzene rings is 2. The SMILES string of the molecule is COC(=O)[C@H](C)NP(=O)(Oc1ccccc1)Oc1ccccc1. The molecule has 0 aliphatic carbocycles. The van der Waals surface area contributed by atoms with Gasteiger partial charge in [-0.2, -0.15) is 5.09 Å². The highest BCUT2D eigenvalue weighted by molar-refractivity contribution is 7.52. The van der Waals surface area contributed by atoms with E-state index in [2.05, 4.69) is 9.82 Å². The van der Waals surface area contributed by atoms with E-state index in [0.29, 0.717) is 11.5 Å².